The molecule has 0 spiro atoms. The number of unbranched alkanes of at least 4 members (excludes halogenated alkanes) is 2. The Morgan fingerprint density at radius 3 is 2.25 bits per heavy atom. The Labute approximate surface area is 264 Å². The molecule has 0 radical (unpaired) electrons. The van der Waals surface area contributed by atoms with Gasteiger partial charge < -0.3 is 19.5 Å². The second kappa shape index (κ2) is 17.6. The number of ether oxygens (including phenoxy) is 3. The summed E-state index contributed by atoms with van der Waals surface area (Å²) >= 11 is 0. The molecule has 246 valence electrons. The zero-order valence-corrected chi connectivity index (χ0v) is 27.5. The molecule has 1 amide bonds. The van der Waals surface area contributed by atoms with Gasteiger partial charge in [0.1, 0.15) is 12.2 Å². The van der Waals surface area contributed by atoms with Gasteiger partial charge in [0.05, 0.1) is 23.9 Å². The zero-order chi connectivity index (χ0) is 32.0. The van der Waals surface area contributed by atoms with Crippen molar-refractivity contribution >= 4 is 23.8 Å². The minimum absolute atomic E-state index is 0.0144. The van der Waals surface area contributed by atoms with Crippen LogP contribution in [0.25, 0.3) is 0 Å². The Morgan fingerprint density at radius 1 is 0.932 bits per heavy atom. The number of carbonyl (C=O) groups excluding carboxylic acids is 4. The van der Waals surface area contributed by atoms with Crippen molar-refractivity contribution < 1.29 is 33.4 Å². The third-order valence-corrected chi connectivity index (χ3v) is 8.98. The highest BCUT2D eigenvalue weighted by Gasteiger charge is 2.45. The van der Waals surface area contributed by atoms with Crippen LogP contribution in [-0.2, 0) is 40.0 Å². The van der Waals surface area contributed by atoms with E-state index >= 15 is 0 Å². The summed E-state index contributed by atoms with van der Waals surface area (Å²) in [5, 5.41) is 3.32. The highest BCUT2D eigenvalue weighted by atomic mass is 16.6. The van der Waals surface area contributed by atoms with Crippen LogP contribution >= 0.6 is 0 Å². The summed E-state index contributed by atoms with van der Waals surface area (Å²) in [6.45, 7) is 8.26. The molecular formula is C36H55NO7. The van der Waals surface area contributed by atoms with Gasteiger partial charge in [-0.15, -0.1) is 0 Å². The largest absolute Gasteiger partial charge is 0.466 e. The van der Waals surface area contributed by atoms with Crippen molar-refractivity contribution in [2.75, 3.05) is 6.61 Å². The molecule has 1 aromatic carbocycles. The van der Waals surface area contributed by atoms with E-state index in [0.717, 1.165) is 56.9 Å². The van der Waals surface area contributed by atoms with E-state index in [-0.39, 0.29) is 42.4 Å². The average Bonchev–Trinajstić information content (AvgIpc) is 3.48. The van der Waals surface area contributed by atoms with Gasteiger partial charge in [0.15, 0.2) is 0 Å². The molecule has 44 heavy (non-hydrogen) atoms. The van der Waals surface area contributed by atoms with Gasteiger partial charge in [0.2, 0.25) is 5.91 Å². The van der Waals surface area contributed by atoms with Gasteiger partial charge in [-0.3, -0.25) is 19.2 Å². The average molecular weight is 614 g/mol. The predicted molar refractivity (Wildman–Crippen MR) is 169 cm³/mol. The first-order valence-electron chi connectivity index (χ1n) is 16.9. The van der Waals surface area contributed by atoms with E-state index in [1.807, 2.05) is 58.0 Å². The van der Waals surface area contributed by atoms with E-state index in [0.29, 0.717) is 51.6 Å². The van der Waals surface area contributed by atoms with Gasteiger partial charge in [-0.25, -0.2) is 0 Å². The van der Waals surface area contributed by atoms with Gasteiger partial charge in [-0.2, -0.15) is 0 Å². The second-order valence-corrected chi connectivity index (χ2v) is 13.9. The molecule has 8 nitrogen and oxygen atoms in total. The molecular weight excluding hydrogens is 558 g/mol. The van der Waals surface area contributed by atoms with E-state index in [9.17, 15) is 19.2 Å². The molecule has 2 aliphatic carbocycles. The Hall–Kier alpha value is -2.90. The number of rotatable bonds is 16. The van der Waals surface area contributed by atoms with Crippen molar-refractivity contribution in [3.63, 3.8) is 0 Å². The van der Waals surface area contributed by atoms with Crippen molar-refractivity contribution in [2.24, 2.45) is 17.3 Å². The molecule has 1 N–H and O–H groups in total. The lowest BCUT2D eigenvalue weighted by Gasteiger charge is -2.35. The van der Waals surface area contributed by atoms with E-state index < -0.39 is 16.9 Å². The molecule has 1 atom stereocenters. The Kier molecular flexibility index (Phi) is 14.2. The molecule has 0 aliphatic heterocycles. The van der Waals surface area contributed by atoms with Crippen LogP contribution < -0.4 is 5.32 Å². The van der Waals surface area contributed by atoms with E-state index in [1.165, 1.54) is 0 Å². The fraction of sp³-hybridized carbons (Fsp3) is 0.722. The lowest BCUT2D eigenvalue weighted by atomic mass is 9.75. The maximum absolute atomic E-state index is 13.9. The first kappa shape index (κ1) is 35.6. The lowest BCUT2D eigenvalue weighted by molar-refractivity contribution is -0.162. The molecule has 0 heterocycles. The number of nitrogens with one attached hydrogen (secondary N) is 1. The Morgan fingerprint density at radius 2 is 1.61 bits per heavy atom. The normalized spacial score (nSPS) is 20.4. The van der Waals surface area contributed by atoms with Crippen molar-refractivity contribution in [2.45, 2.75) is 142 Å². The van der Waals surface area contributed by atoms with E-state index in [2.05, 4.69) is 5.32 Å². The summed E-state index contributed by atoms with van der Waals surface area (Å²) in [7, 11) is 0. The lowest BCUT2D eigenvalue weighted by Crippen LogP contribution is -2.47. The maximum atomic E-state index is 13.9. The quantitative estimate of drug-likeness (QED) is 0.119. The smallest absolute Gasteiger partial charge is 0.309 e. The minimum atomic E-state index is -0.615. The molecule has 0 saturated heterocycles. The van der Waals surface area contributed by atoms with Crippen LogP contribution in [0.3, 0.4) is 0 Å². The molecule has 2 aliphatic rings. The Balaban J connectivity index is 1.53. The Bertz CT molecular complexity index is 1050. The van der Waals surface area contributed by atoms with E-state index in [1.54, 1.807) is 0 Å². The number of hydrogen-bond donors (Lipinski definition) is 1. The topological polar surface area (TPSA) is 108 Å². The van der Waals surface area contributed by atoms with Crippen LogP contribution in [0, 0.1) is 17.3 Å². The summed E-state index contributed by atoms with van der Waals surface area (Å²) < 4.78 is 16.7. The number of esters is 3. The van der Waals surface area contributed by atoms with E-state index in [4.69, 9.17) is 14.2 Å². The van der Waals surface area contributed by atoms with Gasteiger partial charge in [0, 0.05) is 12.5 Å². The molecule has 0 aromatic heterocycles. The van der Waals surface area contributed by atoms with Crippen molar-refractivity contribution in [3.8, 4) is 0 Å². The third kappa shape index (κ3) is 11.9. The van der Waals surface area contributed by atoms with Gasteiger partial charge >= 0.3 is 17.9 Å². The summed E-state index contributed by atoms with van der Waals surface area (Å²) in [5.74, 6) is -1.11. The summed E-state index contributed by atoms with van der Waals surface area (Å²) in [4.78, 5) is 51.7. The first-order valence-corrected chi connectivity index (χ1v) is 16.9. The van der Waals surface area contributed by atoms with Gasteiger partial charge in [-0.1, -0.05) is 56.5 Å². The fourth-order valence-electron chi connectivity index (χ4n) is 6.47. The zero-order valence-electron chi connectivity index (χ0n) is 27.5. The number of benzene rings is 1. The summed E-state index contributed by atoms with van der Waals surface area (Å²) in [6, 6.07) is 9.69. The predicted octanol–water partition coefficient (Wildman–Crippen LogP) is 7.22. The molecule has 2 saturated carbocycles. The minimum Gasteiger partial charge on any atom is -0.466 e. The van der Waals surface area contributed by atoms with Crippen molar-refractivity contribution in [1.29, 1.82) is 0 Å². The van der Waals surface area contributed by atoms with Crippen LogP contribution in [-0.4, -0.2) is 42.1 Å². The van der Waals surface area contributed by atoms with Gasteiger partial charge in [-0.05, 0) is 97.0 Å². The first-order chi connectivity index (χ1) is 21.0. The van der Waals surface area contributed by atoms with Crippen LogP contribution in [0.15, 0.2) is 30.3 Å². The summed E-state index contributed by atoms with van der Waals surface area (Å²) in [5.41, 5.74) is -0.241. The van der Waals surface area contributed by atoms with Crippen LogP contribution in [0.1, 0.15) is 130 Å². The monoisotopic (exact) mass is 613 g/mol. The summed E-state index contributed by atoms with van der Waals surface area (Å²) in [6.07, 6.45) is 10.9. The van der Waals surface area contributed by atoms with Crippen LogP contribution in [0.5, 0.6) is 0 Å². The molecule has 1 aromatic rings. The number of hydrogen-bond acceptors (Lipinski definition) is 7. The third-order valence-electron chi connectivity index (χ3n) is 8.98. The highest BCUT2D eigenvalue weighted by molar-refractivity contribution is 5.84. The molecule has 1 unspecified atom stereocenters. The standard InChI is InChI=1S/C36H55NO7/c1-5-6-17-31(38)42-24-13-10-16-29(33(40)44-35(2,3)4)25-36(22-11-12-23-36)34(41)37-30-20-18-28(19-21-30)32(39)43-26-27-14-8-7-9-15-27/h7-9,14-15,28-30H,5-6,10-13,16-26H2,1-4H3,(H,37,41). The van der Waals surface area contributed by atoms with Crippen LogP contribution in [0.4, 0.5) is 0 Å². The van der Waals surface area contributed by atoms with Gasteiger partial charge in [0.25, 0.3) is 0 Å². The number of carbonyl (C=O) groups is 4. The molecule has 2 fully saturated rings. The second-order valence-electron chi connectivity index (χ2n) is 13.9. The SMILES string of the molecule is CCCCC(=O)OCCCCC(CC1(C(=O)NC2CCC(C(=O)OCc3ccccc3)CC2)CCCC1)C(=O)OC(C)(C)C. The highest BCUT2D eigenvalue weighted by Crippen LogP contribution is 2.45. The fourth-order valence-corrected chi connectivity index (χ4v) is 6.47. The van der Waals surface area contributed by atoms with Crippen LogP contribution in [0.2, 0.25) is 0 Å². The van der Waals surface area contributed by atoms with Crippen molar-refractivity contribution in [1.82, 2.24) is 5.32 Å². The molecule has 0 bridgehead atoms. The van der Waals surface area contributed by atoms with Crippen molar-refractivity contribution in [3.05, 3.63) is 35.9 Å². The molecule has 8 heteroatoms. The number of amides is 1. The molecule has 3 rings (SSSR count). The maximum Gasteiger partial charge on any atom is 0.309 e.